The van der Waals surface area contributed by atoms with E-state index in [1.54, 1.807) is 0 Å². The van der Waals surface area contributed by atoms with Crippen molar-refractivity contribution in [3.63, 3.8) is 0 Å². The van der Waals surface area contributed by atoms with Gasteiger partial charge in [-0.05, 0) is 52.0 Å². The standard InChI is InChI=1S/C23H30N4O2/c1-5-24-22(28)15-26(6-2)16(4)23(29)25-17-12-13-21-19(14-17)18-10-8-9-11-20(18)27(21)7-3/h8-14,16H,5-7,15H2,1-4H3,(H,24,28)(H,25,29)/p+1/t16-/m1/s1. The van der Waals surface area contributed by atoms with E-state index in [1.807, 2.05) is 39.0 Å². The molecule has 154 valence electrons. The molecular weight excluding hydrogens is 364 g/mol. The second kappa shape index (κ2) is 9.09. The number of rotatable bonds is 8. The van der Waals surface area contributed by atoms with Crippen LogP contribution in [0.2, 0.25) is 0 Å². The molecule has 0 radical (unpaired) electrons. The Bertz CT molecular complexity index is 1020. The Morgan fingerprint density at radius 3 is 2.45 bits per heavy atom. The number of aryl methyl sites for hydroxylation is 1. The minimum Gasteiger partial charge on any atom is -0.351 e. The average molecular weight is 396 g/mol. The lowest BCUT2D eigenvalue weighted by atomic mass is 10.1. The molecule has 0 aliphatic heterocycles. The number of hydrogen-bond donors (Lipinski definition) is 3. The van der Waals surface area contributed by atoms with Gasteiger partial charge in [0.2, 0.25) is 0 Å². The Labute approximate surface area is 171 Å². The van der Waals surface area contributed by atoms with Crippen molar-refractivity contribution in [1.29, 1.82) is 0 Å². The molecule has 3 N–H and O–H groups in total. The second-order valence-electron chi connectivity index (χ2n) is 7.35. The zero-order chi connectivity index (χ0) is 21.0. The number of quaternary nitrogens is 1. The van der Waals surface area contributed by atoms with Gasteiger partial charge in [-0.15, -0.1) is 0 Å². The van der Waals surface area contributed by atoms with Crippen molar-refractivity contribution in [3.05, 3.63) is 42.5 Å². The summed E-state index contributed by atoms with van der Waals surface area (Å²) in [6.45, 7) is 10.4. The molecule has 6 heteroatoms. The summed E-state index contributed by atoms with van der Waals surface area (Å²) in [4.78, 5) is 25.7. The number of fused-ring (bicyclic) bond motifs is 3. The van der Waals surface area contributed by atoms with Gasteiger partial charge in [0.05, 0.1) is 6.54 Å². The van der Waals surface area contributed by atoms with Crippen LogP contribution in [0.15, 0.2) is 42.5 Å². The largest absolute Gasteiger partial charge is 0.351 e. The topological polar surface area (TPSA) is 67.6 Å². The Hall–Kier alpha value is -2.86. The van der Waals surface area contributed by atoms with Crippen LogP contribution in [0.3, 0.4) is 0 Å². The predicted octanol–water partition coefficient (Wildman–Crippen LogP) is 2.18. The summed E-state index contributed by atoms with van der Waals surface area (Å²) in [6.07, 6.45) is 0. The van der Waals surface area contributed by atoms with Crippen LogP contribution in [-0.4, -0.2) is 42.1 Å². The molecule has 6 nitrogen and oxygen atoms in total. The molecule has 2 atom stereocenters. The zero-order valence-electron chi connectivity index (χ0n) is 17.7. The number of carbonyl (C=O) groups excluding carboxylic acids is 2. The van der Waals surface area contributed by atoms with E-state index >= 15 is 0 Å². The Morgan fingerprint density at radius 2 is 1.76 bits per heavy atom. The summed E-state index contributed by atoms with van der Waals surface area (Å²) in [5.41, 5.74) is 3.14. The fourth-order valence-corrected chi connectivity index (χ4v) is 3.96. The summed E-state index contributed by atoms with van der Waals surface area (Å²) < 4.78 is 2.29. The van der Waals surface area contributed by atoms with Gasteiger partial charge >= 0.3 is 0 Å². The van der Waals surface area contributed by atoms with Gasteiger partial charge in [0.1, 0.15) is 0 Å². The number of para-hydroxylation sites is 1. The lowest BCUT2D eigenvalue weighted by Crippen LogP contribution is -3.17. The first-order valence-corrected chi connectivity index (χ1v) is 10.4. The Kier molecular flexibility index (Phi) is 6.54. The summed E-state index contributed by atoms with van der Waals surface area (Å²) in [5.74, 6) is -0.109. The molecule has 0 saturated heterocycles. The maximum absolute atomic E-state index is 12.8. The number of anilines is 1. The number of benzene rings is 2. The smallest absolute Gasteiger partial charge is 0.282 e. The number of nitrogens with one attached hydrogen (secondary N) is 3. The van der Waals surface area contributed by atoms with Crippen molar-refractivity contribution in [3.8, 4) is 0 Å². The molecule has 0 fully saturated rings. The first-order chi connectivity index (χ1) is 14.0. The number of likely N-dealkylation sites (N-methyl/N-ethyl adjacent to an activating group) is 2. The van der Waals surface area contributed by atoms with E-state index in [4.69, 9.17) is 0 Å². The average Bonchev–Trinajstić information content (AvgIpc) is 3.04. The molecular formula is C23H31N4O2+. The molecule has 0 saturated carbocycles. The van der Waals surface area contributed by atoms with Crippen molar-refractivity contribution in [2.45, 2.75) is 40.3 Å². The molecule has 0 aliphatic rings. The van der Waals surface area contributed by atoms with Crippen LogP contribution in [0.1, 0.15) is 27.7 Å². The zero-order valence-corrected chi connectivity index (χ0v) is 17.7. The highest BCUT2D eigenvalue weighted by Crippen LogP contribution is 2.30. The highest BCUT2D eigenvalue weighted by molar-refractivity contribution is 6.10. The van der Waals surface area contributed by atoms with Crippen LogP contribution < -0.4 is 15.5 Å². The minimum absolute atomic E-state index is 0.0298. The molecule has 0 bridgehead atoms. The molecule has 0 spiro atoms. The summed E-state index contributed by atoms with van der Waals surface area (Å²) in [5, 5.41) is 8.17. The van der Waals surface area contributed by atoms with Gasteiger partial charge in [-0.25, -0.2) is 0 Å². The molecule has 1 unspecified atom stereocenters. The van der Waals surface area contributed by atoms with Crippen molar-refractivity contribution >= 4 is 39.3 Å². The third kappa shape index (κ3) is 4.27. The van der Waals surface area contributed by atoms with E-state index in [1.165, 1.54) is 10.9 Å². The number of hydrogen-bond acceptors (Lipinski definition) is 2. The first kappa shape index (κ1) is 20.9. The maximum atomic E-state index is 12.8. The fraction of sp³-hybridized carbons (Fsp3) is 0.391. The lowest BCUT2D eigenvalue weighted by molar-refractivity contribution is -0.904. The quantitative estimate of drug-likeness (QED) is 0.547. The highest BCUT2D eigenvalue weighted by Gasteiger charge is 2.26. The number of carbonyl (C=O) groups is 2. The SMILES string of the molecule is CCNC(=O)C[NH+](CC)[C@H](C)C(=O)Nc1ccc2c(c1)c1ccccc1n2CC. The molecule has 2 amide bonds. The summed E-state index contributed by atoms with van der Waals surface area (Å²) in [6, 6.07) is 14.1. The van der Waals surface area contributed by atoms with E-state index in [2.05, 4.69) is 46.4 Å². The Balaban J connectivity index is 1.83. The van der Waals surface area contributed by atoms with Crippen molar-refractivity contribution in [1.82, 2.24) is 9.88 Å². The van der Waals surface area contributed by atoms with Gasteiger partial charge in [-0.1, -0.05) is 18.2 Å². The van der Waals surface area contributed by atoms with Gasteiger partial charge in [-0.3, -0.25) is 9.59 Å². The van der Waals surface area contributed by atoms with Gasteiger partial charge in [0, 0.05) is 40.6 Å². The molecule has 3 rings (SSSR count). The third-order valence-electron chi connectivity index (χ3n) is 5.58. The lowest BCUT2D eigenvalue weighted by Gasteiger charge is -2.23. The van der Waals surface area contributed by atoms with E-state index in [0.29, 0.717) is 19.6 Å². The molecule has 1 heterocycles. The molecule has 0 aliphatic carbocycles. The fourth-order valence-electron chi connectivity index (χ4n) is 3.96. The van der Waals surface area contributed by atoms with Crippen LogP contribution in [0, 0.1) is 0 Å². The van der Waals surface area contributed by atoms with Crippen molar-refractivity contribution in [2.75, 3.05) is 25.0 Å². The van der Waals surface area contributed by atoms with Gasteiger partial charge in [0.15, 0.2) is 12.6 Å². The van der Waals surface area contributed by atoms with Crippen LogP contribution >= 0.6 is 0 Å². The summed E-state index contributed by atoms with van der Waals surface area (Å²) >= 11 is 0. The maximum Gasteiger partial charge on any atom is 0.282 e. The molecule has 3 aromatic rings. The minimum atomic E-state index is -0.324. The van der Waals surface area contributed by atoms with Crippen molar-refractivity contribution < 1.29 is 14.5 Å². The van der Waals surface area contributed by atoms with Crippen LogP contribution in [0.25, 0.3) is 21.8 Å². The molecule has 1 aromatic heterocycles. The number of aromatic nitrogens is 1. The summed E-state index contributed by atoms with van der Waals surface area (Å²) in [7, 11) is 0. The van der Waals surface area contributed by atoms with E-state index in [0.717, 1.165) is 28.0 Å². The van der Waals surface area contributed by atoms with Crippen LogP contribution in [0.4, 0.5) is 5.69 Å². The normalized spacial score (nSPS) is 13.4. The number of nitrogens with zero attached hydrogens (tertiary/aromatic N) is 1. The van der Waals surface area contributed by atoms with Crippen LogP contribution in [0.5, 0.6) is 0 Å². The first-order valence-electron chi connectivity index (χ1n) is 10.4. The van der Waals surface area contributed by atoms with Gasteiger partial charge in [-0.2, -0.15) is 0 Å². The van der Waals surface area contributed by atoms with Gasteiger partial charge in [0.25, 0.3) is 11.8 Å². The molecule has 29 heavy (non-hydrogen) atoms. The monoisotopic (exact) mass is 395 g/mol. The highest BCUT2D eigenvalue weighted by atomic mass is 16.2. The van der Waals surface area contributed by atoms with E-state index in [9.17, 15) is 9.59 Å². The van der Waals surface area contributed by atoms with Crippen molar-refractivity contribution in [2.24, 2.45) is 0 Å². The molecule has 2 aromatic carbocycles. The third-order valence-corrected chi connectivity index (χ3v) is 5.58. The number of amides is 2. The van der Waals surface area contributed by atoms with E-state index < -0.39 is 0 Å². The van der Waals surface area contributed by atoms with Crippen LogP contribution in [-0.2, 0) is 16.1 Å². The predicted molar refractivity (Wildman–Crippen MR) is 118 cm³/mol. The van der Waals surface area contributed by atoms with Gasteiger partial charge < -0.3 is 20.1 Å². The Morgan fingerprint density at radius 1 is 1.03 bits per heavy atom. The van der Waals surface area contributed by atoms with E-state index in [-0.39, 0.29) is 17.9 Å². The second-order valence-corrected chi connectivity index (χ2v) is 7.35.